The lowest BCUT2D eigenvalue weighted by molar-refractivity contribution is -0.141. The highest BCUT2D eigenvalue weighted by atomic mass is 16.5. The number of carbonyl (C=O) groups is 1. The van der Waals surface area contributed by atoms with Crippen LogP contribution in [-0.2, 0) is 4.79 Å². The molecule has 0 aliphatic carbocycles. The van der Waals surface area contributed by atoms with Crippen LogP contribution in [0.3, 0.4) is 0 Å². The van der Waals surface area contributed by atoms with Crippen LogP contribution in [0.1, 0.15) is 36.5 Å². The largest absolute Gasteiger partial charge is 0.497 e. The summed E-state index contributed by atoms with van der Waals surface area (Å²) in [7, 11) is 1.64. The molecule has 0 amide bonds. The molecule has 1 N–H and O–H groups in total. The van der Waals surface area contributed by atoms with Crippen LogP contribution in [0.15, 0.2) is 12.1 Å². The minimum absolute atomic E-state index is 0.00148. The number of hydrogen-bond donors (Lipinski definition) is 1. The van der Waals surface area contributed by atoms with Crippen LogP contribution in [0.2, 0.25) is 0 Å². The Hall–Kier alpha value is -1.51. The van der Waals surface area contributed by atoms with E-state index in [4.69, 9.17) is 9.84 Å². The highest BCUT2D eigenvalue weighted by Gasteiger charge is 2.23. The van der Waals surface area contributed by atoms with Gasteiger partial charge >= 0.3 is 5.97 Å². The zero-order valence-corrected chi connectivity index (χ0v) is 11.1. The summed E-state index contributed by atoms with van der Waals surface area (Å²) in [4.78, 5) is 11.0. The van der Waals surface area contributed by atoms with Gasteiger partial charge in [-0.2, -0.15) is 0 Å². The predicted molar refractivity (Wildman–Crippen MR) is 67.7 cm³/mol. The fourth-order valence-electron chi connectivity index (χ4n) is 2.23. The summed E-state index contributed by atoms with van der Waals surface area (Å²) >= 11 is 0. The molecule has 3 heteroatoms. The molecular formula is C14H20O3. The van der Waals surface area contributed by atoms with Crippen LogP contribution < -0.4 is 4.74 Å². The van der Waals surface area contributed by atoms with Gasteiger partial charge in [-0.1, -0.05) is 13.8 Å². The Kier molecular flexibility index (Phi) is 4.16. The first kappa shape index (κ1) is 13.6. The third-order valence-electron chi connectivity index (χ3n) is 3.40. The molecule has 3 nitrogen and oxygen atoms in total. The van der Waals surface area contributed by atoms with Crippen LogP contribution >= 0.6 is 0 Å². The van der Waals surface area contributed by atoms with E-state index in [-0.39, 0.29) is 11.8 Å². The number of aryl methyl sites for hydroxylation is 2. The highest BCUT2D eigenvalue weighted by molar-refractivity contribution is 5.71. The van der Waals surface area contributed by atoms with Crippen LogP contribution in [0.25, 0.3) is 0 Å². The molecule has 0 spiro atoms. The second-order valence-corrected chi connectivity index (χ2v) is 4.59. The van der Waals surface area contributed by atoms with Gasteiger partial charge in [-0.15, -0.1) is 0 Å². The maximum Gasteiger partial charge on any atom is 0.306 e. The summed E-state index contributed by atoms with van der Waals surface area (Å²) < 4.78 is 5.20. The molecule has 0 bridgehead atoms. The van der Waals surface area contributed by atoms with Gasteiger partial charge in [0.25, 0.3) is 0 Å². The van der Waals surface area contributed by atoms with E-state index in [0.29, 0.717) is 0 Å². The van der Waals surface area contributed by atoms with Gasteiger partial charge in [-0.05, 0) is 48.6 Å². The van der Waals surface area contributed by atoms with Crippen LogP contribution in [0.5, 0.6) is 5.75 Å². The zero-order valence-electron chi connectivity index (χ0n) is 11.1. The number of ether oxygens (including phenoxy) is 1. The molecule has 17 heavy (non-hydrogen) atoms. The minimum Gasteiger partial charge on any atom is -0.497 e. The molecule has 2 unspecified atom stereocenters. The Labute approximate surface area is 102 Å². The van der Waals surface area contributed by atoms with E-state index in [1.807, 2.05) is 32.9 Å². The molecule has 0 radical (unpaired) electrons. The van der Waals surface area contributed by atoms with Gasteiger partial charge in [0.15, 0.2) is 0 Å². The molecule has 0 aliphatic heterocycles. The van der Waals surface area contributed by atoms with Crippen molar-refractivity contribution >= 4 is 5.97 Å². The molecule has 0 saturated carbocycles. The SMILES string of the molecule is COc1cc(C)c(C(C)C(C)C(=O)O)c(C)c1. The molecule has 1 aromatic rings. The van der Waals surface area contributed by atoms with Crippen molar-refractivity contribution in [2.45, 2.75) is 33.6 Å². The number of methoxy groups -OCH3 is 1. The van der Waals surface area contributed by atoms with Gasteiger partial charge in [0.1, 0.15) is 5.75 Å². The first-order valence-corrected chi connectivity index (χ1v) is 5.76. The van der Waals surface area contributed by atoms with E-state index in [2.05, 4.69) is 0 Å². The smallest absolute Gasteiger partial charge is 0.306 e. The lowest BCUT2D eigenvalue weighted by atomic mass is 9.84. The van der Waals surface area contributed by atoms with E-state index < -0.39 is 5.97 Å². The number of rotatable bonds is 4. The highest BCUT2D eigenvalue weighted by Crippen LogP contribution is 2.32. The second kappa shape index (κ2) is 5.21. The molecule has 1 aromatic carbocycles. The van der Waals surface area contributed by atoms with Crippen molar-refractivity contribution in [3.8, 4) is 5.75 Å². The fraction of sp³-hybridized carbons (Fsp3) is 0.500. The molecule has 1 rings (SSSR count). The summed E-state index contributed by atoms with van der Waals surface area (Å²) in [5.74, 6) is -0.328. The van der Waals surface area contributed by atoms with Crippen LogP contribution in [0.4, 0.5) is 0 Å². The first-order valence-electron chi connectivity index (χ1n) is 5.76. The van der Waals surface area contributed by atoms with Gasteiger partial charge in [0, 0.05) is 0 Å². The van der Waals surface area contributed by atoms with E-state index in [0.717, 1.165) is 22.4 Å². The predicted octanol–water partition coefficient (Wildman–Crippen LogP) is 3.14. The third-order valence-corrected chi connectivity index (χ3v) is 3.40. The fourth-order valence-corrected chi connectivity index (χ4v) is 2.23. The van der Waals surface area contributed by atoms with E-state index in [1.165, 1.54) is 0 Å². The van der Waals surface area contributed by atoms with Gasteiger partial charge < -0.3 is 9.84 Å². The molecule has 0 saturated heterocycles. The normalized spacial score (nSPS) is 14.2. The molecule has 0 heterocycles. The maximum absolute atomic E-state index is 11.0. The van der Waals surface area contributed by atoms with E-state index in [1.54, 1.807) is 14.0 Å². The summed E-state index contributed by atoms with van der Waals surface area (Å²) in [5, 5.41) is 9.07. The number of aliphatic carboxylic acids is 1. The third kappa shape index (κ3) is 2.78. The molecule has 0 fully saturated rings. The average molecular weight is 236 g/mol. The Morgan fingerprint density at radius 1 is 1.24 bits per heavy atom. The van der Waals surface area contributed by atoms with E-state index in [9.17, 15) is 4.79 Å². The maximum atomic E-state index is 11.0. The van der Waals surface area contributed by atoms with Gasteiger partial charge in [-0.3, -0.25) is 4.79 Å². The molecule has 0 aliphatic rings. The Balaban J connectivity index is 3.18. The summed E-state index contributed by atoms with van der Waals surface area (Å²) in [5.41, 5.74) is 3.28. The standard InChI is InChI=1S/C14H20O3/c1-8-6-12(17-5)7-9(2)13(8)10(3)11(4)14(15)16/h6-7,10-11H,1-5H3,(H,15,16). The Morgan fingerprint density at radius 3 is 2.06 bits per heavy atom. The Bertz CT molecular complexity index is 400. The first-order chi connectivity index (χ1) is 7.88. The molecule has 94 valence electrons. The zero-order chi connectivity index (χ0) is 13.2. The van der Waals surface area contributed by atoms with Crippen molar-refractivity contribution < 1.29 is 14.6 Å². The van der Waals surface area contributed by atoms with Gasteiger partial charge in [0.2, 0.25) is 0 Å². The second-order valence-electron chi connectivity index (χ2n) is 4.59. The van der Waals surface area contributed by atoms with Crippen molar-refractivity contribution in [3.63, 3.8) is 0 Å². The molecular weight excluding hydrogens is 216 g/mol. The average Bonchev–Trinajstić information content (AvgIpc) is 2.26. The van der Waals surface area contributed by atoms with Crippen molar-refractivity contribution in [1.82, 2.24) is 0 Å². The number of carboxylic acid groups (broad SMARTS) is 1. The summed E-state index contributed by atoms with van der Waals surface area (Å²) in [6.45, 7) is 7.70. The number of benzene rings is 1. The minimum atomic E-state index is -0.757. The topological polar surface area (TPSA) is 46.5 Å². The van der Waals surface area contributed by atoms with Crippen molar-refractivity contribution in [1.29, 1.82) is 0 Å². The van der Waals surface area contributed by atoms with Crippen molar-refractivity contribution in [2.24, 2.45) is 5.92 Å². The van der Waals surface area contributed by atoms with Gasteiger partial charge in [-0.25, -0.2) is 0 Å². The van der Waals surface area contributed by atoms with Crippen LogP contribution in [0, 0.1) is 19.8 Å². The van der Waals surface area contributed by atoms with Gasteiger partial charge in [0.05, 0.1) is 13.0 Å². The van der Waals surface area contributed by atoms with Crippen molar-refractivity contribution in [2.75, 3.05) is 7.11 Å². The van der Waals surface area contributed by atoms with Crippen molar-refractivity contribution in [3.05, 3.63) is 28.8 Å². The van der Waals surface area contributed by atoms with E-state index >= 15 is 0 Å². The lowest BCUT2D eigenvalue weighted by Gasteiger charge is -2.21. The lowest BCUT2D eigenvalue weighted by Crippen LogP contribution is -2.18. The monoisotopic (exact) mass is 236 g/mol. The summed E-state index contributed by atoms with van der Waals surface area (Å²) in [6.07, 6.45) is 0. The molecule has 0 aromatic heterocycles. The Morgan fingerprint density at radius 2 is 1.71 bits per heavy atom. The number of carboxylic acids is 1. The van der Waals surface area contributed by atoms with Crippen LogP contribution in [-0.4, -0.2) is 18.2 Å². The summed E-state index contributed by atoms with van der Waals surface area (Å²) in [6, 6.07) is 3.90. The molecule has 2 atom stereocenters. The number of hydrogen-bond acceptors (Lipinski definition) is 2. The quantitative estimate of drug-likeness (QED) is 0.873.